The summed E-state index contributed by atoms with van der Waals surface area (Å²) in [5.41, 5.74) is 3.30. The Bertz CT molecular complexity index is 1100. The third-order valence-corrected chi connectivity index (χ3v) is 5.65. The highest BCUT2D eigenvalue weighted by Crippen LogP contribution is 2.33. The van der Waals surface area contributed by atoms with Gasteiger partial charge in [0, 0.05) is 19.5 Å². The molecule has 0 saturated heterocycles. The van der Waals surface area contributed by atoms with Crippen LogP contribution < -0.4 is 14.2 Å². The molecule has 166 valence electrons. The predicted molar refractivity (Wildman–Crippen MR) is 120 cm³/mol. The summed E-state index contributed by atoms with van der Waals surface area (Å²) in [6, 6.07) is 17.5. The molecule has 3 aromatic rings. The minimum Gasteiger partial charge on any atom is -0.493 e. The van der Waals surface area contributed by atoms with Crippen LogP contribution in [0.5, 0.6) is 23.0 Å². The molecule has 1 heterocycles. The molecule has 0 bridgehead atoms. The number of methoxy groups -OCH3 is 2. The summed E-state index contributed by atoms with van der Waals surface area (Å²) in [7, 11) is 3.24. The van der Waals surface area contributed by atoms with Crippen molar-refractivity contribution < 1.29 is 23.4 Å². The molecule has 5 nitrogen and oxygen atoms in total. The van der Waals surface area contributed by atoms with E-state index in [1.54, 1.807) is 26.4 Å². The lowest BCUT2D eigenvalue weighted by molar-refractivity contribution is -0.132. The third kappa shape index (κ3) is 5.02. The average Bonchev–Trinajstić information content (AvgIpc) is 2.83. The first-order chi connectivity index (χ1) is 15.6. The van der Waals surface area contributed by atoms with Crippen LogP contribution in [-0.2, 0) is 24.2 Å². The Morgan fingerprint density at radius 2 is 1.66 bits per heavy atom. The van der Waals surface area contributed by atoms with Crippen molar-refractivity contribution in [1.29, 1.82) is 0 Å². The molecular weight excluding hydrogens is 409 g/mol. The molecule has 0 spiro atoms. The number of aryl methyl sites for hydroxylation is 1. The Balaban J connectivity index is 1.36. The number of carbonyl (C=O) groups excluding carboxylic acids is 1. The minimum absolute atomic E-state index is 0.121. The van der Waals surface area contributed by atoms with Crippen LogP contribution in [0.25, 0.3) is 0 Å². The van der Waals surface area contributed by atoms with Crippen molar-refractivity contribution >= 4 is 5.91 Å². The van der Waals surface area contributed by atoms with Crippen LogP contribution in [0.4, 0.5) is 4.39 Å². The fourth-order valence-electron chi connectivity index (χ4n) is 3.91. The van der Waals surface area contributed by atoms with Crippen LogP contribution >= 0.6 is 0 Å². The number of benzene rings is 3. The maximum atomic E-state index is 13.1. The summed E-state index contributed by atoms with van der Waals surface area (Å²) in [6.45, 7) is 1.26. The van der Waals surface area contributed by atoms with Gasteiger partial charge in [-0.3, -0.25) is 4.79 Å². The van der Waals surface area contributed by atoms with Gasteiger partial charge < -0.3 is 19.1 Å². The Morgan fingerprint density at radius 3 is 2.38 bits per heavy atom. The molecule has 0 saturated carbocycles. The third-order valence-electron chi connectivity index (χ3n) is 5.65. The molecule has 0 aromatic heterocycles. The zero-order valence-corrected chi connectivity index (χ0v) is 18.3. The van der Waals surface area contributed by atoms with E-state index in [0.717, 1.165) is 17.5 Å². The quantitative estimate of drug-likeness (QED) is 0.515. The molecule has 6 heteroatoms. The van der Waals surface area contributed by atoms with Crippen LogP contribution in [0.15, 0.2) is 60.7 Å². The molecule has 0 radical (unpaired) electrons. The van der Waals surface area contributed by atoms with Crippen LogP contribution in [-0.4, -0.2) is 31.6 Å². The lowest BCUT2D eigenvalue weighted by Gasteiger charge is -2.29. The Morgan fingerprint density at radius 1 is 0.938 bits per heavy atom. The number of nitrogens with zero attached hydrogens (tertiary/aromatic N) is 1. The second-order valence-electron chi connectivity index (χ2n) is 7.74. The zero-order chi connectivity index (χ0) is 22.5. The SMILES string of the molecule is COc1cc2c(cc1OC)CN(C(=O)CCc1cccc(Oc3ccc(F)cc3)c1)CC2. The van der Waals surface area contributed by atoms with Gasteiger partial charge in [-0.1, -0.05) is 12.1 Å². The highest BCUT2D eigenvalue weighted by atomic mass is 19.1. The molecular formula is C26H26FNO4. The second kappa shape index (κ2) is 9.73. The van der Waals surface area contributed by atoms with E-state index in [-0.39, 0.29) is 11.7 Å². The maximum Gasteiger partial charge on any atom is 0.223 e. The van der Waals surface area contributed by atoms with E-state index < -0.39 is 0 Å². The summed E-state index contributed by atoms with van der Waals surface area (Å²) >= 11 is 0. The molecule has 0 unspecified atom stereocenters. The van der Waals surface area contributed by atoms with Gasteiger partial charge in [0.25, 0.3) is 0 Å². The largest absolute Gasteiger partial charge is 0.493 e. The lowest BCUT2D eigenvalue weighted by atomic mass is 9.98. The molecule has 1 aliphatic heterocycles. The number of hydrogen-bond acceptors (Lipinski definition) is 4. The first-order valence-corrected chi connectivity index (χ1v) is 10.6. The number of fused-ring (bicyclic) bond motifs is 1. The normalized spacial score (nSPS) is 12.8. The van der Waals surface area contributed by atoms with Crippen molar-refractivity contribution in [1.82, 2.24) is 4.90 Å². The average molecular weight is 435 g/mol. The zero-order valence-electron chi connectivity index (χ0n) is 18.3. The standard InChI is InChI=1S/C26H26FNO4/c1-30-24-15-19-12-13-28(17-20(19)16-25(24)31-2)26(29)11-6-18-4-3-5-23(14-18)32-22-9-7-21(27)8-10-22/h3-5,7-10,14-16H,6,11-13,17H2,1-2H3. The van der Waals surface area contributed by atoms with Gasteiger partial charge >= 0.3 is 0 Å². The number of carbonyl (C=O) groups is 1. The molecule has 0 aliphatic carbocycles. The van der Waals surface area contributed by atoms with E-state index in [9.17, 15) is 9.18 Å². The number of hydrogen-bond donors (Lipinski definition) is 0. The minimum atomic E-state index is -0.303. The van der Waals surface area contributed by atoms with Crippen molar-refractivity contribution in [3.8, 4) is 23.0 Å². The summed E-state index contributed by atoms with van der Waals surface area (Å²) in [5, 5.41) is 0. The molecule has 0 fully saturated rings. The highest BCUT2D eigenvalue weighted by Gasteiger charge is 2.22. The monoisotopic (exact) mass is 435 g/mol. The van der Waals surface area contributed by atoms with E-state index >= 15 is 0 Å². The summed E-state index contributed by atoms with van der Waals surface area (Å²) in [5.74, 6) is 2.44. The van der Waals surface area contributed by atoms with Gasteiger partial charge in [0.15, 0.2) is 11.5 Å². The summed E-state index contributed by atoms with van der Waals surface area (Å²) < 4.78 is 29.7. The maximum absolute atomic E-state index is 13.1. The van der Waals surface area contributed by atoms with E-state index in [1.165, 1.54) is 17.7 Å². The molecule has 0 N–H and O–H groups in total. The van der Waals surface area contributed by atoms with Crippen molar-refractivity contribution in [3.05, 3.63) is 83.2 Å². The molecule has 0 atom stereocenters. The van der Waals surface area contributed by atoms with E-state index in [4.69, 9.17) is 14.2 Å². The highest BCUT2D eigenvalue weighted by molar-refractivity contribution is 5.77. The molecule has 32 heavy (non-hydrogen) atoms. The van der Waals surface area contributed by atoms with Crippen LogP contribution in [0.2, 0.25) is 0 Å². The number of amides is 1. The van der Waals surface area contributed by atoms with Gasteiger partial charge in [-0.25, -0.2) is 4.39 Å². The summed E-state index contributed by atoms with van der Waals surface area (Å²) in [4.78, 5) is 14.8. The van der Waals surface area contributed by atoms with E-state index in [0.29, 0.717) is 48.9 Å². The van der Waals surface area contributed by atoms with Gasteiger partial charge in [-0.05, 0) is 78.1 Å². The molecule has 3 aromatic carbocycles. The Hall–Kier alpha value is -3.54. The number of ether oxygens (including phenoxy) is 3. The fourth-order valence-corrected chi connectivity index (χ4v) is 3.91. The molecule has 1 amide bonds. The molecule has 4 rings (SSSR count). The van der Waals surface area contributed by atoms with Gasteiger partial charge in [-0.2, -0.15) is 0 Å². The molecule has 1 aliphatic rings. The van der Waals surface area contributed by atoms with Crippen molar-refractivity contribution in [2.75, 3.05) is 20.8 Å². The lowest BCUT2D eigenvalue weighted by Crippen LogP contribution is -2.36. The van der Waals surface area contributed by atoms with E-state index in [2.05, 4.69) is 0 Å². The first-order valence-electron chi connectivity index (χ1n) is 10.6. The Labute approximate surface area is 187 Å². The van der Waals surface area contributed by atoms with Crippen LogP contribution in [0.3, 0.4) is 0 Å². The van der Waals surface area contributed by atoms with Crippen molar-refractivity contribution in [2.45, 2.75) is 25.8 Å². The van der Waals surface area contributed by atoms with Crippen LogP contribution in [0.1, 0.15) is 23.1 Å². The van der Waals surface area contributed by atoms with Crippen molar-refractivity contribution in [2.24, 2.45) is 0 Å². The fraction of sp³-hybridized carbons (Fsp3) is 0.269. The summed E-state index contributed by atoms with van der Waals surface area (Å²) in [6.07, 6.45) is 1.83. The van der Waals surface area contributed by atoms with Gasteiger partial charge in [0.2, 0.25) is 5.91 Å². The number of rotatable bonds is 7. The van der Waals surface area contributed by atoms with E-state index in [1.807, 2.05) is 41.3 Å². The van der Waals surface area contributed by atoms with Gasteiger partial charge in [-0.15, -0.1) is 0 Å². The smallest absolute Gasteiger partial charge is 0.223 e. The van der Waals surface area contributed by atoms with Crippen molar-refractivity contribution in [3.63, 3.8) is 0 Å². The second-order valence-corrected chi connectivity index (χ2v) is 7.74. The van der Waals surface area contributed by atoms with Crippen LogP contribution in [0, 0.1) is 5.82 Å². The first kappa shape index (κ1) is 21.7. The predicted octanol–water partition coefficient (Wildman–Crippen LogP) is 5.15. The number of halogens is 1. The topological polar surface area (TPSA) is 48.0 Å². The van der Waals surface area contributed by atoms with Gasteiger partial charge in [0.05, 0.1) is 14.2 Å². The van der Waals surface area contributed by atoms with Gasteiger partial charge in [0.1, 0.15) is 17.3 Å². The Kier molecular flexibility index (Phi) is 6.59.